The van der Waals surface area contributed by atoms with Crippen molar-refractivity contribution < 1.29 is 19.4 Å². The molecule has 0 bridgehead atoms. The van der Waals surface area contributed by atoms with Crippen LogP contribution in [0.1, 0.15) is 39.5 Å². The molecule has 1 unspecified atom stereocenters. The Kier molecular flexibility index (Phi) is 5.38. The Hall–Kier alpha value is -3.37. The van der Waals surface area contributed by atoms with Crippen molar-refractivity contribution in [3.8, 4) is 6.07 Å². The Bertz CT molecular complexity index is 916. The predicted octanol–water partition coefficient (Wildman–Crippen LogP) is 2.94. The molecule has 1 atom stereocenters. The van der Waals surface area contributed by atoms with E-state index in [1.54, 1.807) is 30.3 Å². The van der Waals surface area contributed by atoms with E-state index in [0.29, 0.717) is 11.3 Å². The van der Waals surface area contributed by atoms with Crippen molar-refractivity contribution in [2.75, 3.05) is 24.4 Å². The number of carbonyl (C=O) groups excluding carboxylic acids is 1. The van der Waals surface area contributed by atoms with Gasteiger partial charge < -0.3 is 20.5 Å². The van der Waals surface area contributed by atoms with E-state index >= 15 is 0 Å². The first-order chi connectivity index (χ1) is 13.0. The van der Waals surface area contributed by atoms with E-state index in [0.717, 1.165) is 29.7 Å². The minimum Gasteiger partial charge on any atom is -0.478 e. The van der Waals surface area contributed by atoms with Gasteiger partial charge in [0.05, 0.1) is 22.9 Å². The summed E-state index contributed by atoms with van der Waals surface area (Å²) in [5, 5.41) is 24.5. The number of hydrogen-bond acceptors (Lipinski definition) is 5. The molecule has 1 amide bonds. The highest BCUT2D eigenvalue weighted by Crippen LogP contribution is 2.37. The SMILES string of the molecule is COCC(=O)Nc1cc2c(cc1C#N)C(Nc1ccc(C(=O)O)cc1)CC2. The molecule has 138 valence electrons. The number of rotatable bonds is 6. The fraction of sp³-hybridized carbons (Fsp3) is 0.250. The average Bonchev–Trinajstić information content (AvgIpc) is 3.03. The third kappa shape index (κ3) is 4.07. The molecule has 3 rings (SSSR count). The molecule has 0 saturated carbocycles. The minimum atomic E-state index is -0.963. The molecule has 0 radical (unpaired) electrons. The van der Waals surface area contributed by atoms with Crippen LogP contribution in [0, 0.1) is 11.3 Å². The Morgan fingerprint density at radius 1 is 1.30 bits per heavy atom. The molecule has 2 aromatic rings. The van der Waals surface area contributed by atoms with Crippen LogP contribution in [-0.4, -0.2) is 30.7 Å². The number of aromatic carboxylic acids is 1. The third-order valence-corrected chi connectivity index (χ3v) is 4.50. The second-order valence-electron chi connectivity index (χ2n) is 6.31. The van der Waals surface area contributed by atoms with E-state index in [-0.39, 0.29) is 24.1 Å². The topological polar surface area (TPSA) is 111 Å². The normalized spacial score (nSPS) is 14.9. The molecule has 0 spiro atoms. The van der Waals surface area contributed by atoms with Gasteiger partial charge in [0.15, 0.2) is 0 Å². The van der Waals surface area contributed by atoms with Gasteiger partial charge >= 0.3 is 5.97 Å². The number of benzene rings is 2. The highest BCUT2D eigenvalue weighted by Gasteiger charge is 2.25. The molecule has 3 N–H and O–H groups in total. The molecule has 1 aliphatic carbocycles. The van der Waals surface area contributed by atoms with Gasteiger partial charge in [-0.15, -0.1) is 0 Å². The fourth-order valence-corrected chi connectivity index (χ4v) is 3.23. The molecule has 1 aliphatic rings. The van der Waals surface area contributed by atoms with Crippen LogP contribution in [0.3, 0.4) is 0 Å². The summed E-state index contributed by atoms with van der Waals surface area (Å²) in [6.45, 7) is -0.0710. The summed E-state index contributed by atoms with van der Waals surface area (Å²) in [5.41, 5.74) is 4.02. The summed E-state index contributed by atoms with van der Waals surface area (Å²) in [5.74, 6) is -1.27. The van der Waals surface area contributed by atoms with Crippen molar-refractivity contribution in [1.82, 2.24) is 0 Å². The minimum absolute atomic E-state index is 0.0199. The van der Waals surface area contributed by atoms with Gasteiger partial charge in [0.2, 0.25) is 5.91 Å². The monoisotopic (exact) mass is 365 g/mol. The zero-order valence-corrected chi connectivity index (χ0v) is 14.8. The fourth-order valence-electron chi connectivity index (χ4n) is 3.23. The number of aryl methyl sites for hydroxylation is 1. The van der Waals surface area contributed by atoms with E-state index in [9.17, 15) is 14.9 Å². The number of hydrogen-bond donors (Lipinski definition) is 3. The van der Waals surface area contributed by atoms with Crippen LogP contribution in [0.4, 0.5) is 11.4 Å². The number of amides is 1. The van der Waals surface area contributed by atoms with Gasteiger partial charge in [-0.25, -0.2) is 4.79 Å². The molecule has 0 saturated heterocycles. The lowest BCUT2D eigenvalue weighted by Crippen LogP contribution is -2.18. The van der Waals surface area contributed by atoms with Crippen molar-refractivity contribution in [2.24, 2.45) is 0 Å². The number of carboxylic acid groups (broad SMARTS) is 1. The maximum Gasteiger partial charge on any atom is 0.335 e. The number of fused-ring (bicyclic) bond motifs is 1. The number of ether oxygens (including phenoxy) is 1. The smallest absolute Gasteiger partial charge is 0.335 e. The van der Waals surface area contributed by atoms with E-state index < -0.39 is 5.97 Å². The van der Waals surface area contributed by atoms with Crippen molar-refractivity contribution in [3.63, 3.8) is 0 Å². The Balaban J connectivity index is 1.81. The largest absolute Gasteiger partial charge is 0.478 e. The number of carbonyl (C=O) groups is 2. The van der Waals surface area contributed by atoms with Crippen molar-refractivity contribution in [1.29, 1.82) is 5.26 Å². The standard InChI is InChI=1S/C20H19N3O4/c1-27-11-19(24)23-18-9-13-4-7-17(16(13)8-14(18)10-21)22-15-5-2-12(3-6-15)20(25)26/h2-3,5-6,8-9,17,22H,4,7,11H2,1H3,(H,23,24)(H,25,26). The lowest BCUT2D eigenvalue weighted by molar-refractivity contribution is -0.119. The average molecular weight is 365 g/mol. The van der Waals surface area contributed by atoms with E-state index in [1.165, 1.54) is 7.11 Å². The van der Waals surface area contributed by atoms with Gasteiger partial charge in [0.25, 0.3) is 0 Å². The molecule has 0 fully saturated rings. The van der Waals surface area contributed by atoms with Crippen LogP contribution < -0.4 is 10.6 Å². The number of carboxylic acids is 1. The van der Waals surface area contributed by atoms with Crippen LogP contribution in [-0.2, 0) is 16.0 Å². The van der Waals surface area contributed by atoms with Gasteiger partial charge in [0.1, 0.15) is 12.7 Å². The second kappa shape index (κ2) is 7.89. The van der Waals surface area contributed by atoms with Crippen LogP contribution in [0.5, 0.6) is 0 Å². The van der Waals surface area contributed by atoms with Crippen LogP contribution >= 0.6 is 0 Å². The van der Waals surface area contributed by atoms with Crippen LogP contribution in [0.2, 0.25) is 0 Å². The summed E-state index contributed by atoms with van der Waals surface area (Å²) in [4.78, 5) is 22.7. The Labute approximate surface area is 156 Å². The molecule has 0 aromatic heterocycles. The Morgan fingerprint density at radius 2 is 2.04 bits per heavy atom. The number of methoxy groups -OCH3 is 1. The Morgan fingerprint density at radius 3 is 2.67 bits per heavy atom. The molecule has 2 aromatic carbocycles. The van der Waals surface area contributed by atoms with Crippen molar-refractivity contribution in [3.05, 3.63) is 58.7 Å². The van der Waals surface area contributed by atoms with Gasteiger partial charge in [-0.1, -0.05) is 0 Å². The summed E-state index contributed by atoms with van der Waals surface area (Å²) in [7, 11) is 1.44. The van der Waals surface area contributed by atoms with Crippen molar-refractivity contribution >= 4 is 23.3 Å². The summed E-state index contributed by atoms with van der Waals surface area (Å²) in [6.07, 6.45) is 1.66. The predicted molar refractivity (Wildman–Crippen MR) is 99.7 cm³/mol. The zero-order chi connectivity index (χ0) is 19.4. The number of nitrogens with one attached hydrogen (secondary N) is 2. The summed E-state index contributed by atoms with van der Waals surface area (Å²) in [6, 6.07) is 12.4. The molecular weight excluding hydrogens is 346 g/mol. The van der Waals surface area contributed by atoms with Crippen molar-refractivity contribution in [2.45, 2.75) is 18.9 Å². The molecular formula is C20H19N3O4. The quantitative estimate of drug-likeness (QED) is 0.726. The summed E-state index contributed by atoms with van der Waals surface area (Å²) >= 11 is 0. The second-order valence-corrected chi connectivity index (χ2v) is 6.31. The molecule has 27 heavy (non-hydrogen) atoms. The molecule has 7 heteroatoms. The lowest BCUT2D eigenvalue weighted by atomic mass is 10.0. The number of nitriles is 1. The first kappa shape index (κ1) is 18.4. The third-order valence-electron chi connectivity index (χ3n) is 4.50. The van der Waals surface area contributed by atoms with Crippen LogP contribution in [0.25, 0.3) is 0 Å². The van der Waals surface area contributed by atoms with E-state index in [4.69, 9.17) is 9.84 Å². The van der Waals surface area contributed by atoms with Gasteiger partial charge in [-0.2, -0.15) is 5.26 Å². The highest BCUT2D eigenvalue weighted by atomic mass is 16.5. The van der Waals surface area contributed by atoms with Gasteiger partial charge in [0, 0.05) is 12.8 Å². The van der Waals surface area contributed by atoms with E-state index in [1.807, 2.05) is 6.07 Å². The molecule has 0 heterocycles. The number of anilines is 2. The summed E-state index contributed by atoms with van der Waals surface area (Å²) < 4.78 is 4.81. The molecule has 0 aliphatic heterocycles. The first-order valence-corrected chi connectivity index (χ1v) is 8.47. The maximum absolute atomic E-state index is 11.8. The van der Waals surface area contributed by atoms with E-state index in [2.05, 4.69) is 16.7 Å². The van der Waals surface area contributed by atoms with Crippen LogP contribution in [0.15, 0.2) is 36.4 Å². The molecule has 7 nitrogen and oxygen atoms in total. The van der Waals surface area contributed by atoms with Gasteiger partial charge in [-0.05, 0) is 60.4 Å². The number of nitrogens with zero attached hydrogens (tertiary/aromatic N) is 1. The zero-order valence-electron chi connectivity index (χ0n) is 14.8. The highest BCUT2D eigenvalue weighted by molar-refractivity contribution is 5.93. The maximum atomic E-state index is 11.8. The van der Waals surface area contributed by atoms with Gasteiger partial charge in [-0.3, -0.25) is 4.79 Å². The lowest BCUT2D eigenvalue weighted by Gasteiger charge is -2.17. The first-order valence-electron chi connectivity index (χ1n) is 8.47.